The quantitative estimate of drug-likeness (QED) is 0.617. The Bertz CT molecular complexity index is 330. The highest BCUT2D eigenvalue weighted by molar-refractivity contribution is 7.89. The van der Waals surface area contributed by atoms with Crippen LogP contribution in [0.15, 0.2) is 25.3 Å². The van der Waals surface area contributed by atoms with E-state index < -0.39 is 15.3 Å². The van der Waals surface area contributed by atoms with Crippen molar-refractivity contribution in [1.82, 2.24) is 4.31 Å². The summed E-state index contributed by atoms with van der Waals surface area (Å²) in [6.45, 7) is 8.66. The van der Waals surface area contributed by atoms with Gasteiger partial charge in [-0.15, -0.1) is 13.2 Å². The van der Waals surface area contributed by atoms with Crippen LogP contribution in [-0.2, 0) is 10.0 Å². The highest BCUT2D eigenvalue weighted by Crippen LogP contribution is 2.08. The van der Waals surface area contributed by atoms with E-state index in [1.54, 1.807) is 6.07 Å². The SMILES string of the molecule is C=CCN(CC=C)S(=O)(=O)C(C)C#N. The lowest BCUT2D eigenvalue weighted by molar-refractivity contribution is 0.470. The Hall–Kier alpha value is -1.12. The Morgan fingerprint density at radius 2 is 1.86 bits per heavy atom. The van der Waals surface area contributed by atoms with Crippen molar-refractivity contribution in [3.63, 3.8) is 0 Å². The Kier molecular flexibility index (Phi) is 5.13. The fourth-order valence-corrected chi connectivity index (χ4v) is 2.07. The molecule has 1 unspecified atom stereocenters. The first-order chi connectivity index (χ1) is 6.50. The normalized spacial score (nSPS) is 13.2. The van der Waals surface area contributed by atoms with E-state index in [0.29, 0.717) is 0 Å². The fraction of sp³-hybridized carbons (Fsp3) is 0.444. The van der Waals surface area contributed by atoms with Gasteiger partial charge in [0.05, 0.1) is 6.07 Å². The monoisotopic (exact) mass is 214 g/mol. The first kappa shape index (κ1) is 12.9. The van der Waals surface area contributed by atoms with Crippen LogP contribution in [0.1, 0.15) is 6.92 Å². The predicted molar refractivity (Wildman–Crippen MR) is 56.0 cm³/mol. The lowest BCUT2D eigenvalue weighted by atomic mass is 10.5. The van der Waals surface area contributed by atoms with Crippen molar-refractivity contribution in [2.75, 3.05) is 13.1 Å². The van der Waals surface area contributed by atoms with Gasteiger partial charge in [-0.3, -0.25) is 0 Å². The molecule has 0 bridgehead atoms. The van der Waals surface area contributed by atoms with Gasteiger partial charge in [-0.25, -0.2) is 8.42 Å². The van der Waals surface area contributed by atoms with Gasteiger partial charge in [0.15, 0.2) is 5.25 Å². The summed E-state index contributed by atoms with van der Waals surface area (Å²) in [6, 6.07) is 1.70. The maximum Gasteiger partial charge on any atom is 0.230 e. The molecule has 0 spiro atoms. The number of nitrogens with zero attached hydrogens (tertiary/aromatic N) is 2. The van der Waals surface area contributed by atoms with Gasteiger partial charge in [-0.05, 0) is 6.92 Å². The minimum Gasteiger partial charge on any atom is -0.211 e. The molecular formula is C9H14N2O2S. The number of nitriles is 1. The van der Waals surface area contributed by atoms with Gasteiger partial charge >= 0.3 is 0 Å². The molecule has 0 aliphatic carbocycles. The molecule has 0 fully saturated rings. The van der Waals surface area contributed by atoms with E-state index in [0.717, 1.165) is 0 Å². The van der Waals surface area contributed by atoms with Crippen molar-refractivity contribution in [2.24, 2.45) is 0 Å². The third kappa shape index (κ3) is 2.98. The van der Waals surface area contributed by atoms with E-state index in [-0.39, 0.29) is 13.1 Å². The Labute approximate surface area is 85.2 Å². The van der Waals surface area contributed by atoms with Gasteiger partial charge < -0.3 is 0 Å². The van der Waals surface area contributed by atoms with Crippen LogP contribution in [0.3, 0.4) is 0 Å². The molecule has 0 saturated carbocycles. The van der Waals surface area contributed by atoms with Crippen LogP contribution in [0.4, 0.5) is 0 Å². The van der Waals surface area contributed by atoms with Gasteiger partial charge in [-0.2, -0.15) is 9.57 Å². The van der Waals surface area contributed by atoms with Crippen LogP contribution >= 0.6 is 0 Å². The smallest absolute Gasteiger partial charge is 0.211 e. The lowest BCUT2D eigenvalue weighted by Gasteiger charge is -2.19. The summed E-state index contributed by atoms with van der Waals surface area (Å²) in [5.41, 5.74) is 0. The van der Waals surface area contributed by atoms with E-state index in [4.69, 9.17) is 5.26 Å². The maximum absolute atomic E-state index is 11.6. The van der Waals surface area contributed by atoms with Crippen molar-refractivity contribution >= 4 is 10.0 Å². The third-order valence-electron chi connectivity index (χ3n) is 1.65. The molecule has 0 aliphatic rings. The summed E-state index contributed by atoms with van der Waals surface area (Å²) in [4.78, 5) is 0. The van der Waals surface area contributed by atoms with E-state index in [1.807, 2.05) is 0 Å². The predicted octanol–water partition coefficient (Wildman–Crippen LogP) is 0.902. The van der Waals surface area contributed by atoms with E-state index in [2.05, 4.69) is 13.2 Å². The number of rotatable bonds is 6. The molecule has 0 N–H and O–H groups in total. The first-order valence-corrected chi connectivity index (χ1v) is 5.61. The van der Waals surface area contributed by atoms with E-state index >= 15 is 0 Å². The Balaban J connectivity index is 4.90. The maximum atomic E-state index is 11.6. The molecule has 0 rings (SSSR count). The van der Waals surface area contributed by atoms with Gasteiger partial charge in [0.2, 0.25) is 10.0 Å². The minimum absolute atomic E-state index is 0.195. The topological polar surface area (TPSA) is 61.2 Å². The zero-order valence-electron chi connectivity index (χ0n) is 8.18. The Morgan fingerprint density at radius 3 is 2.14 bits per heavy atom. The van der Waals surface area contributed by atoms with E-state index in [1.165, 1.54) is 23.4 Å². The van der Waals surface area contributed by atoms with Crippen LogP contribution in [0.2, 0.25) is 0 Å². The molecule has 0 aromatic rings. The standard InChI is InChI=1S/C9H14N2O2S/c1-4-6-11(7-5-2)14(12,13)9(3)8-10/h4-5,9H,1-2,6-7H2,3H3. The summed E-state index contributed by atoms with van der Waals surface area (Å²) in [6.07, 6.45) is 2.95. The first-order valence-electron chi connectivity index (χ1n) is 4.11. The Morgan fingerprint density at radius 1 is 1.43 bits per heavy atom. The molecule has 0 aliphatic heterocycles. The fourth-order valence-electron chi connectivity index (χ4n) is 0.861. The number of sulfonamides is 1. The summed E-state index contributed by atoms with van der Waals surface area (Å²) < 4.78 is 24.5. The summed E-state index contributed by atoms with van der Waals surface area (Å²) >= 11 is 0. The molecule has 0 aromatic carbocycles. The average molecular weight is 214 g/mol. The second-order valence-electron chi connectivity index (χ2n) is 2.71. The molecule has 1 atom stereocenters. The average Bonchev–Trinajstić information content (AvgIpc) is 2.16. The number of hydrogen-bond acceptors (Lipinski definition) is 3. The summed E-state index contributed by atoms with van der Waals surface area (Å²) in [7, 11) is -3.55. The molecule has 0 heterocycles. The molecule has 5 heteroatoms. The largest absolute Gasteiger partial charge is 0.230 e. The van der Waals surface area contributed by atoms with Gasteiger partial charge in [-0.1, -0.05) is 12.2 Å². The van der Waals surface area contributed by atoms with Crippen LogP contribution in [0, 0.1) is 11.3 Å². The van der Waals surface area contributed by atoms with Gasteiger partial charge in [0.25, 0.3) is 0 Å². The van der Waals surface area contributed by atoms with Crippen LogP contribution in [0.25, 0.3) is 0 Å². The second kappa shape index (κ2) is 5.58. The summed E-state index contributed by atoms with van der Waals surface area (Å²) in [5.74, 6) is 0. The van der Waals surface area contributed by atoms with Gasteiger partial charge in [0.1, 0.15) is 0 Å². The molecule has 0 radical (unpaired) electrons. The second-order valence-corrected chi connectivity index (χ2v) is 4.96. The lowest BCUT2D eigenvalue weighted by Crippen LogP contribution is -2.37. The molecular weight excluding hydrogens is 200 g/mol. The minimum atomic E-state index is -3.55. The van der Waals surface area contributed by atoms with E-state index in [9.17, 15) is 8.42 Å². The summed E-state index contributed by atoms with van der Waals surface area (Å²) in [5, 5.41) is 7.51. The molecule has 4 nitrogen and oxygen atoms in total. The highest BCUT2D eigenvalue weighted by Gasteiger charge is 2.26. The van der Waals surface area contributed by atoms with Crippen LogP contribution in [-0.4, -0.2) is 31.1 Å². The van der Waals surface area contributed by atoms with Crippen LogP contribution < -0.4 is 0 Å². The van der Waals surface area contributed by atoms with Crippen molar-refractivity contribution < 1.29 is 8.42 Å². The molecule has 0 saturated heterocycles. The number of hydrogen-bond donors (Lipinski definition) is 0. The molecule has 0 aromatic heterocycles. The van der Waals surface area contributed by atoms with Gasteiger partial charge in [0, 0.05) is 13.1 Å². The molecule has 78 valence electrons. The molecule has 14 heavy (non-hydrogen) atoms. The van der Waals surface area contributed by atoms with Crippen molar-refractivity contribution in [3.05, 3.63) is 25.3 Å². The van der Waals surface area contributed by atoms with Crippen LogP contribution in [0.5, 0.6) is 0 Å². The zero-order chi connectivity index (χ0) is 11.2. The van der Waals surface area contributed by atoms with Crippen molar-refractivity contribution in [2.45, 2.75) is 12.2 Å². The zero-order valence-corrected chi connectivity index (χ0v) is 9.00. The third-order valence-corrected chi connectivity index (χ3v) is 3.67. The van der Waals surface area contributed by atoms with Crippen molar-refractivity contribution in [1.29, 1.82) is 5.26 Å². The molecule has 0 amide bonds. The van der Waals surface area contributed by atoms with Crippen molar-refractivity contribution in [3.8, 4) is 6.07 Å². The highest BCUT2D eigenvalue weighted by atomic mass is 32.2.